The third kappa shape index (κ3) is 5.89. The highest BCUT2D eigenvalue weighted by atomic mass is 19.1. The van der Waals surface area contributed by atoms with Crippen molar-refractivity contribution in [3.8, 4) is 22.8 Å². The average molecular weight is 573 g/mol. The molecule has 3 aromatic rings. The number of carbonyl (C=O) groups is 1. The number of halogens is 1. The largest absolute Gasteiger partial charge is 0.485 e. The molecule has 1 saturated heterocycles. The molecule has 2 aromatic carbocycles. The summed E-state index contributed by atoms with van der Waals surface area (Å²) in [5.41, 5.74) is 5.71. The molecule has 1 N–H and O–H groups in total. The number of aryl methyl sites for hydroxylation is 1. The molecule has 3 aliphatic rings. The van der Waals surface area contributed by atoms with Crippen LogP contribution in [0.5, 0.6) is 11.6 Å². The number of carboxylic acids is 1. The van der Waals surface area contributed by atoms with Crippen LogP contribution in [0.1, 0.15) is 86.6 Å². The summed E-state index contributed by atoms with van der Waals surface area (Å²) >= 11 is 0. The van der Waals surface area contributed by atoms with Gasteiger partial charge >= 0.3 is 5.97 Å². The fraction of sp³-hybridized carbons (Fsp3) is 0.486. The summed E-state index contributed by atoms with van der Waals surface area (Å²) in [7, 11) is 1.54. The number of rotatable bonds is 9. The fourth-order valence-corrected chi connectivity index (χ4v) is 6.96. The molecule has 2 fully saturated rings. The van der Waals surface area contributed by atoms with E-state index >= 15 is 4.39 Å². The first-order valence-electron chi connectivity index (χ1n) is 15.4. The molecule has 222 valence electrons. The number of ether oxygens (including phenoxy) is 2. The highest BCUT2D eigenvalue weighted by molar-refractivity contribution is 5.71. The van der Waals surface area contributed by atoms with Crippen LogP contribution in [-0.2, 0) is 17.8 Å². The van der Waals surface area contributed by atoms with Gasteiger partial charge in [-0.25, -0.2) is 9.37 Å². The van der Waals surface area contributed by atoms with Gasteiger partial charge in [-0.15, -0.1) is 0 Å². The molecule has 0 unspecified atom stereocenters. The summed E-state index contributed by atoms with van der Waals surface area (Å²) in [6.45, 7) is 5.86. The number of nitrogens with zero attached hydrogens (tertiary/aromatic N) is 2. The molecule has 3 heterocycles. The van der Waals surface area contributed by atoms with E-state index in [1.54, 1.807) is 13.2 Å². The number of pyridine rings is 1. The van der Waals surface area contributed by atoms with Gasteiger partial charge in [-0.1, -0.05) is 43.7 Å². The quantitative estimate of drug-likeness (QED) is 0.285. The normalized spacial score (nSPS) is 22.1. The van der Waals surface area contributed by atoms with E-state index in [9.17, 15) is 9.90 Å². The first-order chi connectivity index (χ1) is 20.3. The zero-order valence-electron chi connectivity index (χ0n) is 24.8. The van der Waals surface area contributed by atoms with Gasteiger partial charge in [0.25, 0.3) is 0 Å². The van der Waals surface area contributed by atoms with E-state index in [1.807, 2.05) is 13.0 Å². The second-order valence-electron chi connectivity index (χ2n) is 12.4. The van der Waals surface area contributed by atoms with Crippen LogP contribution in [0.15, 0.2) is 48.7 Å². The summed E-state index contributed by atoms with van der Waals surface area (Å²) < 4.78 is 27.1. The van der Waals surface area contributed by atoms with Crippen molar-refractivity contribution in [2.45, 2.75) is 83.4 Å². The molecule has 6 nitrogen and oxygen atoms in total. The summed E-state index contributed by atoms with van der Waals surface area (Å²) in [6, 6.07) is 14.7. The zero-order chi connectivity index (χ0) is 29.4. The van der Waals surface area contributed by atoms with Gasteiger partial charge in [0, 0.05) is 24.2 Å². The number of carboxylic acid groups (broad SMARTS) is 1. The molecule has 0 bridgehead atoms. The molecule has 0 spiro atoms. The molecule has 2 aliphatic heterocycles. The summed E-state index contributed by atoms with van der Waals surface area (Å²) in [5.74, 6) is 0.114. The number of aromatic nitrogens is 1. The number of piperidine rings is 1. The number of aliphatic carboxylic acids is 1. The minimum atomic E-state index is -0.748. The predicted octanol–water partition coefficient (Wildman–Crippen LogP) is 7.55. The van der Waals surface area contributed by atoms with Gasteiger partial charge in [0.15, 0.2) is 0 Å². The van der Waals surface area contributed by atoms with Gasteiger partial charge in [0.2, 0.25) is 5.88 Å². The predicted molar refractivity (Wildman–Crippen MR) is 160 cm³/mol. The van der Waals surface area contributed by atoms with Crippen molar-refractivity contribution in [2.75, 3.05) is 13.7 Å². The van der Waals surface area contributed by atoms with Crippen molar-refractivity contribution in [1.82, 2.24) is 9.88 Å². The lowest BCUT2D eigenvalue weighted by Gasteiger charge is -2.34. The smallest absolute Gasteiger partial charge is 0.306 e. The Balaban J connectivity index is 1.32. The molecule has 6 rings (SSSR count). The first kappa shape index (κ1) is 28.7. The van der Waals surface area contributed by atoms with Crippen LogP contribution in [0.25, 0.3) is 11.1 Å². The van der Waals surface area contributed by atoms with Crippen LogP contribution in [0.3, 0.4) is 0 Å². The fourth-order valence-electron chi connectivity index (χ4n) is 6.96. The van der Waals surface area contributed by atoms with Crippen molar-refractivity contribution in [2.24, 2.45) is 11.8 Å². The van der Waals surface area contributed by atoms with E-state index in [-0.39, 0.29) is 17.8 Å². The Kier molecular flexibility index (Phi) is 8.22. The van der Waals surface area contributed by atoms with Crippen LogP contribution >= 0.6 is 0 Å². The monoisotopic (exact) mass is 572 g/mol. The second kappa shape index (κ2) is 12.0. The maximum Gasteiger partial charge on any atom is 0.306 e. The summed E-state index contributed by atoms with van der Waals surface area (Å²) in [5, 5.41) is 9.76. The van der Waals surface area contributed by atoms with E-state index in [0.717, 1.165) is 72.3 Å². The maximum atomic E-state index is 15.1. The van der Waals surface area contributed by atoms with Gasteiger partial charge < -0.3 is 14.6 Å². The van der Waals surface area contributed by atoms with Crippen molar-refractivity contribution < 1.29 is 23.8 Å². The Morgan fingerprint density at radius 2 is 1.95 bits per heavy atom. The highest BCUT2D eigenvalue weighted by Gasteiger charge is 2.39. The molecule has 1 aliphatic carbocycles. The van der Waals surface area contributed by atoms with Gasteiger partial charge in [0.1, 0.15) is 17.7 Å². The first-order valence-corrected chi connectivity index (χ1v) is 15.4. The third-order valence-corrected chi connectivity index (χ3v) is 9.62. The minimum absolute atomic E-state index is 0.00134. The number of hydrogen-bond acceptors (Lipinski definition) is 5. The number of benzene rings is 2. The lowest BCUT2D eigenvalue weighted by molar-refractivity contribution is -0.142. The van der Waals surface area contributed by atoms with Crippen molar-refractivity contribution >= 4 is 5.97 Å². The van der Waals surface area contributed by atoms with Gasteiger partial charge in [-0.3, -0.25) is 9.69 Å². The minimum Gasteiger partial charge on any atom is -0.485 e. The van der Waals surface area contributed by atoms with Crippen LogP contribution in [0.4, 0.5) is 4.39 Å². The lowest BCUT2D eigenvalue weighted by atomic mass is 9.82. The maximum absolute atomic E-state index is 15.1. The SMILES string of the molecule is COc1cc(-c2ccc([C@@H]3CCc4ccc([C@H](C5CC5)[C@H](C)C(=O)O)cc4O3)cc2CN2CCCC[C@@H]2C)c(F)cn1. The molecule has 1 saturated carbocycles. The molecule has 7 heteroatoms. The Labute approximate surface area is 247 Å². The second-order valence-corrected chi connectivity index (χ2v) is 12.4. The molecule has 0 amide bonds. The molecule has 1 aromatic heterocycles. The Hall–Kier alpha value is -3.45. The van der Waals surface area contributed by atoms with Crippen molar-refractivity contribution in [3.63, 3.8) is 0 Å². The molecule has 0 radical (unpaired) electrons. The van der Waals surface area contributed by atoms with E-state index in [2.05, 4.69) is 47.1 Å². The van der Waals surface area contributed by atoms with E-state index in [4.69, 9.17) is 9.47 Å². The Bertz CT molecular complexity index is 1450. The van der Waals surface area contributed by atoms with Crippen LogP contribution in [0.2, 0.25) is 0 Å². The number of methoxy groups -OCH3 is 1. The van der Waals surface area contributed by atoms with Crippen LogP contribution in [0, 0.1) is 17.7 Å². The van der Waals surface area contributed by atoms with E-state index < -0.39 is 11.9 Å². The van der Waals surface area contributed by atoms with Crippen molar-refractivity contribution in [1.29, 1.82) is 0 Å². The number of likely N-dealkylation sites (tertiary alicyclic amines) is 1. The van der Waals surface area contributed by atoms with Crippen LogP contribution in [-0.4, -0.2) is 40.7 Å². The highest BCUT2D eigenvalue weighted by Crippen LogP contribution is 2.48. The summed E-state index contributed by atoms with van der Waals surface area (Å²) in [6.07, 6.45) is 8.57. The average Bonchev–Trinajstić information content (AvgIpc) is 3.83. The molecular formula is C35H41FN2O4. The van der Waals surface area contributed by atoms with Gasteiger partial charge in [0.05, 0.1) is 19.2 Å². The van der Waals surface area contributed by atoms with Gasteiger partial charge in [-0.05, 0) is 97.7 Å². The van der Waals surface area contributed by atoms with Gasteiger partial charge in [-0.2, -0.15) is 0 Å². The van der Waals surface area contributed by atoms with E-state index in [0.29, 0.717) is 23.4 Å². The molecular weight excluding hydrogens is 531 g/mol. The lowest BCUT2D eigenvalue weighted by Crippen LogP contribution is -2.36. The molecule has 42 heavy (non-hydrogen) atoms. The van der Waals surface area contributed by atoms with Crippen molar-refractivity contribution in [3.05, 3.63) is 76.7 Å². The molecule has 4 atom stereocenters. The van der Waals surface area contributed by atoms with Crippen LogP contribution < -0.4 is 9.47 Å². The third-order valence-electron chi connectivity index (χ3n) is 9.62. The zero-order valence-corrected chi connectivity index (χ0v) is 24.8. The topological polar surface area (TPSA) is 71.9 Å². The number of fused-ring (bicyclic) bond motifs is 1. The Morgan fingerprint density at radius 1 is 1.12 bits per heavy atom. The standard InChI is InChI=1S/C35H41FN2O4/c1-21-6-4-5-15-38(21)20-27-16-25(11-13-28(27)29-18-33(41-3)37-19-30(29)36)31-14-12-23-7-10-26(17-32(23)42-31)34(24-8-9-24)22(2)35(39)40/h7,10-11,13,16-19,21-22,24,31,34H,4-6,8-9,12,14-15,20H2,1-3H3,(H,39,40)/t21-,22-,31-,34-/m0/s1. The Morgan fingerprint density at radius 3 is 2.69 bits per heavy atom. The summed E-state index contributed by atoms with van der Waals surface area (Å²) in [4.78, 5) is 18.4. The number of hydrogen-bond donors (Lipinski definition) is 1. The van der Waals surface area contributed by atoms with E-state index in [1.165, 1.54) is 25.5 Å².